The zero-order valence-corrected chi connectivity index (χ0v) is 10.5. The molecule has 0 aromatic heterocycles. The van der Waals surface area contributed by atoms with E-state index in [4.69, 9.17) is 22.6 Å². The van der Waals surface area contributed by atoms with Gasteiger partial charge in [0.1, 0.15) is 6.07 Å². The van der Waals surface area contributed by atoms with Crippen LogP contribution < -0.4 is 11.1 Å². The number of carbonyl (C=O) groups is 1. The van der Waals surface area contributed by atoms with E-state index in [-0.39, 0.29) is 34.6 Å². The lowest BCUT2D eigenvalue weighted by molar-refractivity contribution is 0.0988. The number of hydrogen-bond acceptors (Lipinski definition) is 4. The van der Waals surface area contributed by atoms with Gasteiger partial charge in [0.05, 0.1) is 22.8 Å². The van der Waals surface area contributed by atoms with E-state index >= 15 is 0 Å². The van der Waals surface area contributed by atoms with E-state index < -0.39 is 0 Å². The molecule has 17 heavy (non-hydrogen) atoms. The predicted molar refractivity (Wildman–Crippen MR) is 68.0 cm³/mol. The lowest BCUT2D eigenvalue weighted by atomic mass is 10.1. The van der Waals surface area contributed by atoms with Crippen LogP contribution in [-0.4, -0.2) is 18.4 Å². The van der Waals surface area contributed by atoms with Gasteiger partial charge in [-0.1, -0.05) is 25.4 Å². The number of rotatable bonds is 4. The number of nitriles is 1. The molecule has 0 radical (unpaired) electrons. The monoisotopic (exact) mass is 251 g/mol. The number of nitrogen functional groups attached to an aromatic ring is 1. The first kappa shape index (κ1) is 13.5. The summed E-state index contributed by atoms with van der Waals surface area (Å²) in [7, 11) is 0. The topological polar surface area (TPSA) is 78.9 Å². The summed E-state index contributed by atoms with van der Waals surface area (Å²) in [6.45, 7) is 4.11. The number of ketones is 1. The highest BCUT2D eigenvalue weighted by Crippen LogP contribution is 2.24. The molecule has 0 atom stereocenters. The smallest absolute Gasteiger partial charge is 0.176 e. The highest BCUT2D eigenvalue weighted by Gasteiger charge is 2.12. The van der Waals surface area contributed by atoms with E-state index in [2.05, 4.69) is 5.32 Å². The van der Waals surface area contributed by atoms with Crippen LogP contribution in [0, 0.1) is 11.3 Å². The predicted octanol–water partition coefficient (Wildman–Crippen LogP) is 1.97. The lowest BCUT2D eigenvalue weighted by Gasteiger charge is -2.08. The second kappa shape index (κ2) is 5.67. The van der Waals surface area contributed by atoms with Gasteiger partial charge in [0.15, 0.2) is 5.78 Å². The van der Waals surface area contributed by atoms with Gasteiger partial charge in [0.2, 0.25) is 0 Å². The van der Waals surface area contributed by atoms with Gasteiger partial charge in [-0.3, -0.25) is 4.79 Å². The minimum Gasteiger partial charge on any atom is -0.396 e. The number of nitrogens with zero attached hydrogens (tertiary/aromatic N) is 1. The molecular formula is C12H14ClN3O. The zero-order chi connectivity index (χ0) is 13.0. The highest BCUT2D eigenvalue weighted by atomic mass is 35.5. The second-order valence-corrected chi connectivity index (χ2v) is 4.40. The Kier molecular flexibility index (Phi) is 4.50. The average Bonchev–Trinajstić information content (AvgIpc) is 2.29. The minimum atomic E-state index is -0.114. The maximum absolute atomic E-state index is 11.8. The van der Waals surface area contributed by atoms with E-state index in [0.717, 1.165) is 0 Å². The molecule has 0 bridgehead atoms. The molecule has 0 aliphatic heterocycles. The van der Waals surface area contributed by atoms with Gasteiger partial charge in [-0.15, -0.1) is 0 Å². The molecule has 3 N–H and O–H groups in total. The molecule has 0 aliphatic rings. The van der Waals surface area contributed by atoms with Gasteiger partial charge in [0.25, 0.3) is 0 Å². The standard InChI is InChI=1S/C12H14ClN3O/c1-7(2)16-6-11(17)8-3-9(5-14)12(15)10(13)4-8/h3-4,7,16H,6,15H2,1-2H3. The number of halogens is 1. The van der Waals surface area contributed by atoms with Crippen molar-refractivity contribution in [3.8, 4) is 6.07 Å². The molecule has 0 saturated heterocycles. The van der Waals surface area contributed by atoms with Gasteiger partial charge in [0, 0.05) is 11.6 Å². The summed E-state index contributed by atoms with van der Waals surface area (Å²) in [5, 5.41) is 12.1. The number of nitrogens with one attached hydrogen (secondary N) is 1. The summed E-state index contributed by atoms with van der Waals surface area (Å²) < 4.78 is 0. The van der Waals surface area contributed by atoms with Gasteiger partial charge in [-0.05, 0) is 12.1 Å². The number of Topliss-reactive ketones (excluding diaryl/α,β-unsaturated/α-hetero) is 1. The van der Waals surface area contributed by atoms with Crippen LogP contribution in [0.5, 0.6) is 0 Å². The fourth-order valence-corrected chi connectivity index (χ4v) is 1.49. The van der Waals surface area contributed by atoms with Crippen LogP contribution in [0.15, 0.2) is 12.1 Å². The fourth-order valence-electron chi connectivity index (χ4n) is 1.27. The molecule has 0 amide bonds. The van der Waals surface area contributed by atoms with E-state index in [1.54, 1.807) is 0 Å². The van der Waals surface area contributed by atoms with Crippen molar-refractivity contribution in [2.75, 3.05) is 12.3 Å². The Morgan fingerprint density at radius 3 is 2.76 bits per heavy atom. The van der Waals surface area contributed by atoms with E-state index in [9.17, 15) is 4.79 Å². The van der Waals surface area contributed by atoms with Crippen LogP contribution in [0.4, 0.5) is 5.69 Å². The second-order valence-electron chi connectivity index (χ2n) is 3.99. The molecule has 0 saturated carbocycles. The fraction of sp³-hybridized carbons (Fsp3) is 0.333. The molecule has 5 heteroatoms. The Balaban J connectivity index is 2.96. The van der Waals surface area contributed by atoms with Gasteiger partial charge < -0.3 is 11.1 Å². The molecule has 1 aromatic rings. The van der Waals surface area contributed by atoms with Crippen molar-refractivity contribution < 1.29 is 4.79 Å². The first-order chi connectivity index (χ1) is 7.95. The Labute approximate surface area is 105 Å². The Bertz CT molecular complexity index is 477. The van der Waals surface area contributed by atoms with Crippen molar-refractivity contribution >= 4 is 23.1 Å². The van der Waals surface area contributed by atoms with E-state index in [0.29, 0.717) is 5.56 Å². The number of benzene rings is 1. The molecule has 90 valence electrons. The van der Waals surface area contributed by atoms with Crippen LogP contribution in [0.2, 0.25) is 5.02 Å². The van der Waals surface area contributed by atoms with Gasteiger partial charge in [-0.2, -0.15) is 5.26 Å². The first-order valence-electron chi connectivity index (χ1n) is 5.21. The largest absolute Gasteiger partial charge is 0.396 e. The van der Waals surface area contributed by atoms with Crippen molar-refractivity contribution in [3.63, 3.8) is 0 Å². The van der Waals surface area contributed by atoms with Crippen LogP contribution in [0.3, 0.4) is 0 Å². The van der Waals surface area contributed by atoms with Crippen molar-refractivity contribution in [2.24, 2.45) is 0 Å². The molecule has 0 heterocycles. The average molecular weight is 252 g/mol. The quantitative estimate of drug-likeness (QED) is 0.634. The summed E-state index contributed by atoms with van der Waals surface area (Å²) in [5.74, 6) is -0.114. The molecule has 0 aliphatic carbocycles. The van der Waals surface area contributed by atoms with Crippen LogP contribution in [0.1, 0.15) is 29.8 Å². The molecule has 0 unspecified atom stereocenters. The van der Waals surface area contributed by atoms with Crippen LogP contribution in [0.25, 0.3) is 0 Å². The summed E-state index contributed by atoms with van der Waals surface area (Å²) >= 11 is 5.86. The number of carbonyl (C=O) groups excluding carboxylic acids is 1. The maximum Gasteiger partial charge on any atom is 0.176 e. The zero-order valence-electron chi connectivity index (χ0n) is 9.75. The third-order valence-corrected chi connectivity index (χ3v) is 2.56. The summed E-state index contributed by atoms with van der Waals surface area (Å²) in [6, 6.07) is 5.09. The van der Waals surface area contributed by atoms with E-state index in [1.165, 1.54) is 12.1 Å². The normalized spacial score (nSPS) is 10.3. The molecule has 1 aromatic carbocycles. The van der Waals surface area contributed by atoms with Crippen LogP contribution >= 0.6 is 11.6 Å². The summed E-state index contributed by atoms with van der Waals surface area (Å²) in [6.07, 6.45) is 0. The van der Waals surface area contributed by atoms with Crippen molar-refractivity contribution in [3.05, 3.63) is 28.3 Å². The van der Waals surface area contributed by atoms with Crippen molar-refractivity contribution in [1.29, 1.82) is 5.26 Å². The first-order valence-corrected chi connectivity index (χ1v) is 5.59. The Morgan fingerprint density at radius 2 is 2.24 bits per heavy atom. The number of anilines is 1. The minimum absolute atomic E-state index is 0.114. The highest BCUT2D eigenvalue weighted by molar-refractivity contribution is 6.33. The Morgan fingerprint density at radius 1 is 1.59 bits per heavy atom. The lowest BCUT2D eigenvalue weighted by Crippen LogP contribution is -2.29. The maximum atomic E-state index is 11.8. The van der Waals surface area contributed by atoms with E-state index in [1.807, 2.05) is 19.9 Å². The third-order valence-electron chi connectivity index (χ3n) is 2.24. The van der Waals surface area contributed by atoms with Crippen molar-refractivity contribution in [1.82, 2.24) is 5.32 Å². The number of hydrogen-bond donors (Lipinski definition) is 2. The molecule has 1 rings (SSSR count). The SMILES string of the molecule is CC(C)NCC(=O)c1cc(Cl)c(N)c(C#N)c1. The Hall–Kier alpha value is -1.57. The van der Waals surface area contributed by atoms with Gasteiger partial charge >= 0.3 is 0 Å². The molecule has 0 spiro atoms. The van der Waals surface area contributed by atoms with Gasteiger partial charge in [-0.25, -0.2) is 0 Å². The number of nitrogens with two attached hydrogens (primary N) is 1. The third kappa shape index (κ3) is 3.45. The molecular weight excluding hydrogens is 238 g/mol. The summed E-state index contributed by atoms with van der Waals surface area (Å²) in [4.78, 5) is 11.8. The molecule has 4 nitrogen and oxygen atoms in total. The van der Waals surface area contributed by atoms with Crippen LogP contribution in [-0.2, 0) is 0 Å². The molecule has 0 fully saturated rings. The van der Waals surface area contributed by atoms with Crippen molar-refractivity contribution in [2.45, 2.75) is 19.9 Å². The summed E-state index contributed by atoms with van der Waals surface area (Å²) in [5.41, 5.74) is 6.44.